The summed E-state index contributed by atoms with van der Waals surface area (Å²) in [5, 5.41) is 13.7. The maximum absolute atomic E-state index is 9.45. The number of aromatic nitrogens is 2. The number of nitrogens with one attached hydrogen (secondary N) is 1. The van der Waals surface area contributed by atoms with Crippen molar-refractivity contribution in [2.45, 2.75) is 46.2 Å². The molecule has 2 atom stereocenters. The minimum Gasteiger partial charge on any atom is -0.396 e. The Morgan fingerprint density at radius 1 is 1.10 bits per heavy atom. The van der Waals surface area contributed by atoms with E-state index >= 15 is 0 Å². The Morgan fingerprint density at radius 2 is 1.90 bits per heavy atom. The summed E-state index contributed by atoms with van der Waals surface area (Å²) >= 11 is 5.72. The maximum Gasteiger partial charge on any atom is 0.170 e. The van der Waals surface area contributed by atoms with Crippen LogP contribution in [0.25, 0.3) is 5.69 Å². The lowest BCUT2D eigenvalue weighted by Crippen LogP contribution is -2.31. The lowest BCUT2D eigenvalue weighted by atomic mass is 9.96. The van der Waals surface area contributed by atoms with E-state index in [4.69, 9.17) is 12.2 Å². The summed E-state index contributed by atoms with van der Waals surface area (Å²) in [6, 6.07) is 14.8. The van der Waals surface area contributed by atoms with Crippen LogP contribution in [-0.4, -0.2) is 37.8 Å². The molecule has 0 amide bonds. The normalized spacial score (nSPS) is 18.5. The number of aliphatic hydroxyl groups is 1. The van der Waals surface area contributed by atoms with Gasteiger partial charge in [-0.15, -0.1) is 0 Å². The molecule has 1 aliphatic heterocycles. The zero-order chi connectivity index (χ0) is 22.1. The molecule has 1 fully saturated rings. The Kier molecular flexibility index (Phi) is 6.12. The highest BCUT2D eigenvalue weighted by Crippen LogP contribution is 2.41. The largest absolute Gasteiger partial charge is 0.396 e. The Morgan fingerprint density at radius 3 is 2.61 bits per heavy atom. The number of hydrogen-bond donors (Lipinski definition) is 2. The fourth-order valence-corrected chi connectivity index (χ4v) is 4.98. The first-order valence-corrected chi connectivity index (χ1v) is 11.2. The van der Waals surface area contributed by atoms with Crippen LogP contribution in [0.1, 0.15) is 52.3 Å². The van der Waals surface area contributed by atoms with Gasteiger partial charge < -0.3 is 19.9 Å². The van der Waals surface area contributed by atoms with Gasteiger partial charge in [-0.3, -0.25) is 4.98 Å². The van der Waals surface area contributed by atoms with Crippen molar-refractivity contribution < 1.29 is 5.11 Å². The van der Waals surface area contributed by atoms with Gasteiger partial charge in [0.05, 0.1) is 17.8 Å². The summed E-state index contributed by atoms with van der Waals surface area (Å²) < 4.78 is 2.35. The first kappa shape index (κ1) is 21.5. The van der Waals surface area contributed by atoms with E-state index in [2.05, 4.69) is 71.7 Å². The van der Waals surface area contributed by atoms with E-state index in [0.29, 0.717) is 18.1 Å². The van der Waals surface area contributed by atoms with Crippen LogP contribution in [0.15, 0.2) is 48.7 Å². The molecule has 2 aromatic heterocycles. The van der Waals surface area contributed by atoms with Gasteiger partial charge in [-0.2, -0.15) is 0 Å². The quantitative estimate of drug-likeness (QED) is 0.561. The number of benzene rings is 1. The summed E-state index contributed by atoms with van der Waals surface area (Å²) in [5.41, 5.74) is 8.31. The summed E-state index contributed by atoms with van der Waals surface area (Å²) in [4.78, 5) is 6.83. The molecule has 4 rings (SSSR count). The van der Waals surface area contributed by atoms with Crippen LogP contribution in [0, 0.1) is 27.7 Å². The third-order valence-electron chi connectivity index (χ3n) is 6.15. The van der Waals surface area contributed by atoms with E-state index in [1.165, 1.54) is 33.8 Å². The van der Waals surface area contributed by atoms with Gasteiger partial charge in [0.1, 0.15) is 0 Å². The smallest absolute Gasteiger partial charge is 0.170 e. The zero-order valence-corrected chi connectivity index (χ0v) is 19.4. The molecule has 1 saturated heterocycles. The third-order valence-corrected chi connectivity index (χ3v) is 6.50. The van der Waals surface area contributed by atoms with Crippen LogP contribution in [-0.2, 0) is 0 Å². The molecule has 0 spiro atoms. The van der Waals surface area contributed by atoms with Crippen molar-refractivity contribution >= 4 is 17.3 Å². The fraction of sp³-hybridized carbons (Fsp3) is 0.360. The van der Waals surface area contributed by atoms with Crippen LogP contribution >= 0.6 is 12.2 Å². The standard InChI is InChI=1S/C25H30N4OS/c1-16-9-10-17(2)22(14-16)29-18(3)15-20(19(29)4)24-23(21-8-5-6-11-26-21)27-25(31)28(24)12-7-13-30/h5-6,8-11,14-15,23-24,30H,7,12-13H2,1-4H3,(H,27,31)/t23-,24-/m0/s1. The molecule has 0 saturated carbocycles. The van der Waals surface area contributed by atoms with Gasteiger partial charge in [0, 0.05) is 36.4 Å². The third kappa shape index (κ3) is 3.98. The predicted molar refractivity (Wildman–Crippen MR) is 129 cm³/mol. The topological polar surface area (TPSA) is 53.3 Å². The summed E-state index contributed by atoms with van der Waals surface area (Å²) in [5.74, 6) is 0. The SMILES string of the molecule is Cc1ccc(C)c(-n2c(C)cc([C@H]3[C@H](c4ccccn4)NC(=S)N3CCCO)c2C)c1. The van der Waals surface area contributed by atoms with E-state index in [0.717, 1.165) is 5.69 Å². The fourth-order valence-electron chi connectivity index (χ4n) is 4.64. The van der Waals surface area contributed by atoms with E-state index in [1.54, 1.807) is 0 Å². The Labute approximate surface area is 189 Å². The molecule has 1 aromatic carbocycles. The highest BCUT2D eigenvalue weighted by atomic mass is 32.1. The van der Waals surface area contributed by atoms with Crippen molar-refractivity contribution in [2.75, 3.05) is 13.2 Å². The second kappa shape index (κ2) is 8.81. The number of nitrogens with zero attached hydrogens (tertiary/aromatic N) is 3. The summed E-state index contributed by atoms with van der Waals surface area (Å²) in [7, 11) is 0. The van der Waals surface area contributed by atoms with E-state index < -0.39 is 0 Å². The molecule has 5 nitrogen and oxygen atoms in total. The van der Waals surface area contributed by atoms with E-state index in [1.807, 2.05) is 24.4 Å². The molecule has 1 aliphatic rings. The number of aliphatic hydroxyl groups excluding tert-OH is 1. The Hall–Kier alpha value is -2.70. The highest BCUT2D eigenvalue weighted by molar-refractivity contribution is 7.80. The lowest BCUT2D eigenvalue weighted by molar-refractivity contribution is 0.247. The molecule has 3 aromatic rings. The molecule has 3 heterocycles. The van der Waals surface area contributed by atoms with Gasteiger partial charge in [-0.1, -0.05) is 18.2 Å². The molecule has 0 aliphatic carbocycles. The van der Waals surface area contributed by atoms with Crippen LogP contribution in [0.4, 0.5) is 0 Å². The lowest BCUT2D eigenvalue weighted by Gasteiger charge is -2.28. The zero-order valence-electron chi connectivity index (χ0n) is 18.6. The molecule has 31 heavy (non-hydrogen) atoms. The maximum atomic E-state index is 9.45. The van der Waals surface area contributed by atoms with E-state index in [9.17, 15) is 5.11 Å². The van der Waals surface area contributed by atoms with Gasteiger partial charge in [0.25, 0.3) is 0 Å². The van der Waals surface area contributed by atoms with Crippen LogP contribution in [0.2, 0.25) is 0 Å². The first-order chi connectivity index (χ1) is 14.9. The molecule has 0 unspecified atom stereocenters. The number of pyridine rings is 1. The average molecular weight is 435 g/mol. The predicted octanol–water partition coefficient (Wildman–Crippen LogP) is 4.46. The second-order valence-electron chi connectivity index (χ2n) is 8.35. The van der Waals surface area contributed by atoms with Crippen molar-refractivity contribution in [3.63, 3.8) is 0 Å². The van der Waals surface area contributed by atoms with Crippen LogP contribution < -0.4 is 5.32 Å². The average Bonchev–Trinajstić information content (AvgIpc) is 3.24. The van der Waals surface area contributed by atoms with Crippen molar-refractivity contribution in [3.05, 3.63) is 82.4 Å². The number of hydrogen-bond acceptors (Lipinski definition) is 3. The van der Waals surface area contributed by atoms with Gasteiger partial charge in [-0.05, 0) is 87.3 Å². The number of rotatable bonds is 6. The number of aryl methyl sites for hydroxylation is 3. The Bertz CT molecular complexity index is 1090. The Balaban J connectivity index is 1.84. The minimum atomic E-state index is -0.0417. The minimum absolute atomic E-state index is 0.0130. The second-order valence-corrected chi connectivity index (χ2v) is 8.74. The van der Waals surface area contributed by atoms with Gasteiger partial charge >= 0.3 is 0 Å². The molecule has 162 valence electrons. The van der Waals surface area contributed by atoms with Crippen molar-refractivity contribution in [1.82, 2.24) is 19.8 Å². The molecular formula is C25H30N4OS. The monoisotopic (exact) mass is 434 g/mol. The molecule has 0 radical (unpaired) electrons. The van der Waals surface area contributed by atoms with Gasteiger partial charge in [-0.25, -0.2) is 0 Å². The van der Waals surface area contributed by atoms with Gasteiger partial charge in [0.15, 0.2) is 5.11 Å². The number of thiocarbonyl (C=S) groups is 1. The molecule has 2 N–H and O–H groups in total. The van der Waals surface area contributed by atoms with Crippen molar-refractivity contribution in [1.29, 1.82) is 0 Å². The summed E-state index contributed by atoms with van der Waals surface area (Å²) in [6.45, 7) is 9.47. The van der Waals surface area contributed by atoms with Crippen LogP contribution in [0.3, 0.4) is 0 Å². The summed E-state index contributed by atoms with van der Waals surface area (Å²) in [6.07, 6.45) is 2.50. The van der Waals surface area contributed by atoms with Crippen LogP contribution in [0.5, 0.6) is 0 Å². The van der Waals surface area contributed by atoms with Gasteiger partial charge in [0.2, 0.25) is 0 Å². The van der Waals surface area contributed by atoms with Crippen molar-refractivity contribution in [2.24, 2.45) is 0 Å². The highest BCUT2D eigenvalue weighted by Gasteiger charge is 2.41. The van der Waals surface area contributed by atoms with Crippen molar-refractivity contribution in [3.8, 4) is 5.69 Å². The molecule has 0 bridgehead atoms. The van der Waals surface area contributed by atoms with E-state index in [-0.39, 0.29) is 18.7 Å². The molecule has 6 heteroatoms. The first-order valence-electron chi connectivity index (χ1n) is 10.8. The molecular weight excluding hydrogens is 404 g/mol.